The van der Waals surface area contributed by atoms with E-state index >= 15 is 0 Å². The molecule has 0 rings (SSSR count). The van der Waals surface area contributed by atoms with Gasteiger partial charge < -0.3 is 25.4 Å². The lowest BCUT2D eigenvalue weighted by Crippen LogP contribution is -2.20. The molecule has 0 aliphatic carbocycles. The number of aliphatic carboxylic acids is 2. The number of rotatable bonds is 11. The van der Waals surface area contributed by atoms with Gasteiger partial charge in [0.2, 0.25) is 0 Å². The van der Waals surface area contributed by atoms with Crippen molar-refractivity contribution in [3.8, 4) is 0 Å². The molecule has 0 spiro atoms. The SMILES string of the molecule is NCCOCCOCCC(CC(=O)O)C(=O)O. The molecule has 0 heterocycles. The van der Waals surface area contributed by atoms with Crippen molar-refractivity contribution in [1.29, 1.82) is 0 Å². The van der Waals surface area contributed by atoms with Gasteiger partial charge in [0.05, 0.1) is 32.2 Å². The number of hydrogen-bond acceptors (Lipinski definition) is 5. The van der Waals surface area contributed by atoms with E-state index in [1.54, 1.807) is 0 Å². The maximum atomic E-state index is 10.7. The van der Waals surface area contributed by atoms with E-state index < -0.39 is 17.9 Å². The van der Waals surface area contributed by atoms with Crippen molar-refractivity contribution >= 4 is 11.9 Å². The fourth-order valence-corrected chi connectivity index (χ4v) is 1.15. The normalized spacial score (nSPS) is 12.3. The highest BCUT2D eigenvalue weighted by molar-refractivity contribution is 5.77. The van der Waals surface area contributed by atoms with Crippen LogP contribution in [-0.4, -0.2) is 55.1 Å². The first-order chi connectivity index (χ1) is 8.07. The maximum Gasteiger partial charge on any atom is 0.307 e. The van der Waals surface area contributed by atoms with E-state index in [9.17, 15) is 9.59 Å². The molecule has 0 aromatic rings. The Labute approximate surface area is 99.5 Å². The van der Waals surface area contributed by atoms with Gasteiger partial charge in [0.1, 0.15) is 0 Å². The Balaban J connectivity index is 3.55. The number of carboxylic acid groups (broad SMARTS) is 2. The molecule has 1 atom stereocenters. The van der Waals surface area contributed by atoms with Crippen LogP contribution >= 0.6 is 0 Å². The van der Waals surface area contributed by atoms with Gasteiger partial charge in [-0.25, -0.2) is 0 Å². The zero-order valence-electron chi connectivity index (χ0n) is 9.63. The predicted octanol–water partition coefficient (Wildman–Crippen LogP) is -0.456. The second-order valence-corrected chi connectivity index (χ2v) is 3.44. The smallest absolute Gasteiger partial charge is 0.307 e. The summed E-state index contributed by atoms with van der Waals surface area (Å²) < 4.78 is 10.2. The summed E-state index contributed by atoms with van der Waals surface area (Å²) in [6, 6.07) is 0. The molecule has 7 heteroatoms. The molecule has 0 aliphatic heterocycles. The minimum absolute atomic E-state index is 0.179. The molecule has 0 saturated carbocycles. The number of hydrogen-bond donors (Lipinski definition) is 3. The molecule has 1 unspecified atom stereocenters. The van der Waals surface area contributed by atoms with Gasteiger partial charge >= 0.3 is 11.9 Å². The monoisotopic (exact) mass is 249 g/mol. The van der Waals surface area contributed by atoms with Crippen LogP contribution in [0, 0.1) is 5.92 Å². The lowest BCUT2D eigenvalue weighted by Gasteiger charge is -2.10. The van der Waals surface area contributed by atoms with Gasteiger partial charge in [-0.3, -0.25) is 9.59 Å². The number of nitrogens with two attached hydrogens (primary N) is 1. The zero-order valence-corrected chi connectivity index (χ0v) is 9.63. The van der Waals surface area contributed by atoms with Crippen molar-refractivity contribution in [2.75, 3.05) is 33.0 Å². The molecule has 0 aromatic carbocycles. The summed E-state index contributed by atoms with van der Waals surface area (Å²) in [5, 5.41) is 17.2. The second kappa shape index (κ2) is 10.0. The van der Waals surface area contributed by atoms with Crippen molar-refractivity contribution in [3.63, 3.8) is 0 Å². The fraction of sp³-hybridized carbons (Fsp3) is 0.800. The fourth-order valence-electron chi connectivity index (χ4n) is 1.15. The standard InChI is InChI=1S/C10H19NO6/c11-2-4-17-6-5-16-3-1-8(10(14)15)7-9(12)13/h8H,1-7,11H2,(H,12,13)(H,14,15). The topological polar surface area (TPSA) is 119 Å². The number of carboxylic acids is 2. The molecule has 7 nitrogen and oxygen atoms in total. The lowest BCUT2D eigenvalue weighted by molar-refractivity contribution is -0.149. The highest BCUT2D eigenvalue weighted by Crippen LogP contribution is 2.09. The molecular formula is C10H19NO6. The average molecular weight is 249 g/mol. The highest BCUT2D eigenvalue weighted by atomic mass is 16.5. The largest absolute Gasteiger partial charge is 0.481 e. The zero-order chi connectivity index (χ0) is 13.1. The first-order valence-corrected chi connectivity index (χ1v) is 5.38. The minimum atomic E-state index is -1.12. The molecule has 17 heavy (non-hydrogen) atoms. The molecule has 0 aliphatic rings. The van der Waals surface area contributed by atoms with Gasteiger partial charge in [-0.05, 0) is 6.42 Å². The van der Waals surface area contributed by atoms with Crippen LogP contribution in [0.4, 0.5) is 0 Å². The molecule has 0 fully saturated rings. The van der Waals surface area contributed by atoms with Crippen molar-refractivity contribution in [2.24, 2.45) is 11.7 Å². The van der Waals surface area contributed by atoms with Crippen molar-refractivity contribution in [1.82, 2.24) is 0 Å². The van der Waals surface area contributed by atoms with E-state index in [2.05, 4.69) is 0 Å². The van der Waals surface area contributed by atoms with E-state index in [4.69, 9.17) is 25.4 Å². The molecule has 0 radical (unpaired) electrons. The van der Waals surface area contributed by atoms with Crippen LogP contribution in [0.5, 0.6) is 0 Å². The van der Waals surface area contributed by atoms with Gasteiger partial charge in [-0.15, -0.1) is 0 Å². The van der Waals surface area contributed by atoms with Gasteiger partial charge in [-0.2, -0.15) is 0 Å². The quantitative estimate of drug-likeness (QED) is 0.424. The van der Waals surface area contributed by atoms with Crippen LogP contribution in [0.2, 0.25) is 0 Å². The third kappa shape index (κ3) is 9.73. The summed E-state index contributed by atoms with van der Waals surface area (Å²) in [6.45, 7) is 1.85. The average Bonchev–Trinajstić information content (AvgIpc) is 2.25. The molecule has 0 bridgehead atoms. The van der Waals surface area contributed by atoms with Crippen LogP contribution in [0.25, 0.3) is 0 Å². The van der Waals surface area contributed by atoms with Crippen molar-refractivity contribution < 1.29 is 29.3 Å². The van der Waals surface area contributed by atoms with Gasteiger partial charge in [-0.1, -0.05) is 0 Å². The minimum Gasteiger partial charge on any atom is -0.481 e. The first kappa shape index (κ1) is 15.8. The summed E-state index contributed by atoms with van der Waals surface area (Å²) in [5.41, 5.74) is 5.20. The first-order valence-electron chi connectivity index (χ1n) is 5.38. The summed E-state index contributed by atoms with van der Waals surface area (Å²) in [4.78, 5) is 21.1. The Morgan fingerprint density at radius 1 is 1.06 bits per heavy atom. The molecule has 100 valence electrons. The number of ether oxygens (including phenoxy) is 2. The van der Waals surface area contributed by atoms with E-state index in [1.165, 1.54) is 0 Å². The highest BCUT2D eigenvalue weighted by Gasteiger charge is 2.20. The lowest BCUT2D eigenvalue weighted by atomic mass is 10.0. The molecule has 4 N–H and O–H groups in total. The molecule has 0 aromatic heterocycles. The second-order valence-electron chi connectivity index (χ2n) is 3.44. The van der Waals surface area contributed by atoms with Crippen LogP contribution in [0.1, 0.15) is 12.8 Å². The van der Waals surface area contributed by atoms with Gasteiger partial charge in [0.25, 0.3) is 0 Å². The Morgan fingerprint density at radius 2 is 1.65 bits per heavy atom. The third-order valence-electron chi connectivity index (χ3n) is 2.02. The van der Waals surface area contributed by atoms with E-state index in [1.807, 2.05) is 0 Å². The van der Waals surface area contributed by atoms with E-state index in [0.717, 1.165) is 0 Å². The Kier molecular flexibility index (Phi) is 9.31. The van der Waals surface area contributed by atoms with Crippen LogP contribution < -0.4 is 5.73 Å². The Hall–Kier alpha value is -1.18. The number of carbonyl (C=O) groups is 2. The summed E-state index contributed by atoms with van der Waals surface area (Å²) >= 11 is 0. The Bertz CT molecular complexity index is 233. The van der Waals surface area contributed by atoms with Gasteiger partial charge in [0.15, 0.2) is 0 Å². The van der Waals surface area contributed by atoms with Gasteiger partial charge in [0, 0.05) is 13.2 Å². The van der Waals surface area contributed by atoms with Crippen LogP contribution in [0.15, 0.2) is 0 Å². The van der Waals surface area contributed by atoms with Crippen LogP contribution in [0.3, 0.4) is 0 Å². The van der Waals surface area contributed by atoms with E-state index in [0.29, 0.717) is 26.4 Å². The van der Waals surface area contributed by atoms with Crippen molar-refractivity contribution in [3.05, 3.63) is 0 Å². The van der Waals surface area contributed by atoms with E-state index in [-0.39, 0.29) is 19.4 Å². The molecular weight excluding hydrogens is 230 g/mol. The summed E-state index contributed by atoms with van der Waals surface area (Å²) in [7, 11) is 0. The predicted molar refractivity (Wildman–Crippen MR) is 58.7 cm³/mol. The Morgan fingerprint density at radius 3 is 2.12 bits per heavy atom. The molecule has 0 saturated heterocycles. The molecule has 0 amide bonds. The maximum absolute atomic E-state index is 10.7. The third-order valence-corrected chi connectivity index (χ3v) is 2.02. The summed E-state index contributed by atoms with van der Waals surface area (Å²) in [5.74, 6) is -3.14. The summed E-state index contributed by atoms with van der Waals surface area (Å²) in [6.07, 6.45) is -0.207. The van der Waals surface area contributed by atoms with Crippen LogP contribution in [-0.2, 0) is 19.1 Å². The van der Waals surface area contributed by atoms with Crippen molar-refractivity contribution in [2.45, 2.75) is 12.8 Å².